The molecule has 2 aromatic heterocycles. The van der Waals surface area contributed by atoms with Crippen molar-refractivity contribution in [2.75, 3.05) is 5.32 Å². The molecule has 0 fully saturated rings. The zero-order chi connectivity index (χ0) is 23.0. The summed E-state index contributed by atoms with van der Waals surface area (Å²) in [5, 5.41) is 8.63. The van der Waals surface area contributed by atoms with E-state index in [1.54, 1.807) is 10.7 Å². The molecule has 4 rings (SSSR count). The van der Waals surface area contributed by atoms with Gasteiger partial charge in [0.05, 0.1) is 11.4 Å². The van der Waals surface area contributed by atoms with Crippen LogP contribution in [0.3, 0.4) is 0 Å². The zero-order valence-corrected chi connectivity index (χ0v) is 19.2. The standard InChI is InChI=1S/C26H28N4O2/c1-6-20-14-24(32)29(15-23(31)27-22-9-7-8-17(3)18(22)4)26-25(20)19(5)28-30(26)21-12-10-16(2)11-13-21/h7-14H,6,15H2,1-5H3,(H,27,31). The van der Waals surface area contributed by atoms with Gasteiger partial charge in [0.25, 0.3) is 5.56 Å². The lowest BCUT2D eigenvalue weighted by molar-refractivity contribution is -0.116. The van der Waals surface area contributed by atoms with E-state index in [0.717, 1.165) is 44.7 Å². The summed E-state index contributed by atoms with van der Waals surface area (Å²) < 4.78 is 3.30. The second-order valence-electron chi connectivity index (χ2n) is 8.27. The summed E-state index contributed by atoms with van der Waals surface area (Å²) in [6.07, 6.45) is 0.710. The van der Waals surface area contributed by atoms with Crippen molar-refractivity contribution in [3.63, 3.8) is 0 Å². The third kappa shape index (κ3) is 3.84. The first kappa shape index (κ1) is 21.6. The average Bonchev–Trinajstić information content (AvgIpc) is 3.11. The van der Waals surface area contributed by atoms with Crippen LogP contribution in [0.1, 0.15) is 34.9 Å². The molecule has 0 saturated carbocycles. The highest BCUT2D eigenvalue weighted by Crippen LogP contribution is 2.25. The monoisotopic (exact) mass is 428 g/mol. The molecule has 0 bridgehead atoms. The summed E-state index contributed by atoms with van der Waals surface area (Å²) in [5.74, 6) is -0.249. The van der Waals surface area contributed by atoms with E-state index in [2.05, 4.69) is 5.32 Å². The number of anilines is 1. The molecule has 0 unspecified atom stereocenters. The second kappa shape index (κ2) is 8.46. The first-order chi connectivity index (χ1) is 15.3. The van der Waals surface area contributed by atoms with E-state index in [1.807, 2.05) is 77.1 Å². The zero-order valence-electron chi connectivity index (χ0n) is 19.2. The van der Waals surface area contributed by atoms with Crippen molar-refractivity contribution >= 4 is 22.6 Å². The topological polar surface area (TPSA) is 68.9 Å². The normalized spacial score (nSPS) is 11.2. The molecule has 6 heteroatoms. The van der Waals surface area contributed by atoms with E-state index < -0.39 is 0 Å². The fraction of sp³-hybridized carbons (Fsp3) is 0.269. The summed E-state index contributed by atoms with van der Waals surface area (Å²) in [4.78, 5) is 26.1. The maximum Gasteiger partial charge on any atom is 0.252 e. The Labute approximate surface area is 187 Å². The van der Waals surface area contributed by atoms with Crippen LogP contribution in [0, 0.1) is 27.7 Å². The molecule has 1 N–H and O–H groups in total. The summed E-state index contributed by atoms with van der Waals surface area (Å²) in [5.41, 5.74) is 7.07. The Balaban J connectivity index is 1.84. The van der Waals surface area contributed by atoms with E-state index in [0.29, 0.717) is 12.1 Å². The van der Waals surface area contributed by atoms with Crippen LogP contribution in [0.15, 0.2) is 53.3 Å². The second-order valence-corrected chi connectivity index (χ2v) is 8.27. The molecule has 0 radical (unpaired) electrons. The lowest BCUT2D eigenvalue weighted by Gasteiger charge is -2.14. The fourth-order valence-electron chi connectivity index (χ4n) is 4.06. The van der Waals surface area contributed by atoms with Crippen molar-refractivity contribution in [3.05, 3.63) is 86.8 Å². The van der Waals surface area contributed by atoms with E-state index >= 15 is 0 Å². The Morgan fingerprint density at radius 1 is 1.03 bits per heavy atom. The van der Waals surface area contributed by atoms with Gasteiger partial charge in [-0.15, -0.1) is 0 Å². The SMILES string of the molecule is CCc1cc(=O)n(CC(=O)Nc2cccc(C)c2C)c2c1c(C)nn2-c1ccc(C)cc1. The number of carbonyl (C=O) groups is 1. The Morgan fingerprint density at radius 2 is 1.75 bits per heavy atom. The van der Waals surface area contributed by atoms with Gasteiger partial charge in [-0.3, -0.25) is 14.2 Å². The minimum Gasteiger partial charge on any atom is -0.324 e. The Bertz CT molecular complexity index is 1380. The Hall–Kier alpha value is -3.67. The van der Waals surface area contributed by atoms with Gasteiger partial charge in [-0.1, -0.05) is 36.8 Å². The number of fused-ring (bicyclic) bond motifs is 1. The maximum atomic E-state index is 13.1. The summed E-state index contributed by atoms with van der Waals surface area (Å²) >= 11 is 0. The molecule has 0 atom stereocenters. The van der Waals surface area contributed by atoms with Crippen molar-refractivity contribution < 1.29 is 4.79 Å². The van der Waals surface area contributed by atoms with Gasteiger partial charge in [0.1, 0.15) is 12.2 Å². The molecule has 1 amide bonds. The molecule has 0 spiro atoms. The molecule has 4 aromatic rings. The number of hydrogen-bond donors (Lipinski definition) is 1. The first-order valence-electron chi connectivity index (χ1n) is 10.8. The number of nitrogens with zero attached hydrogens (tertiary/aromatic N) is 3. The number of rotatable bonds is 5. The lowest BCUT2D eigenvalue weighted by Crippen LogP contribution is -2.29. The van der Waals surface area contributed by atoms with Crippen molar-refractivity contribution in [1.29, 1.82) is 0 Å². The summed E-state index contributed by atoms with van der Waals surface area (Å²) in [7, 11) is 0. The number of hydrogen-bond acceptors (Lipinski definition) is 3. The molecule has 2 aromatic carbocycles. The fourth-order valence-corrected chi connectivity index (χ4v) is 4.06. The Kier molecular flexibility index (Phi) is 5.70. The van der Waals surface area contributed by atoms with Gasteiger partial charge < -0.3 is 5.32 Å². The number of amides is 1. The van der Waals surface area contributed by atoms with Crippen molar-refractivity contribution in [1.82, 2.24) is 14.3 Å². The smallest absolute Gasteiger partial charge is 0.252 e. The highest BCUT2D eigenvalue weighted by Gasteiger charge is 2.20. The summed E-state index contributed by atoms with van der Waals surface area (Å²) in [6, 6.07) is 15.4. The van der Waals surface area contributed by atoms with Crippen molar-refractivity contribution in [3.8, 4) is 5.69 Å². The molecule has 164 valence electrons. The van der Waals surface area contributed by atoms with Crippen LogP contribution in [0.4, 0.5) is 5.69 Å². The van der Waals surface area contributed by atoms with Gasteiger partial charge in [0, 0.05) is 17.1 Å². The predicted molar refractivity (Wildman–Crippen MR) is 129 cm³/mol. The van der Waals surface area contributed by atoms with Crippen molar-refractivity contribution in [2.24, 2.45) is 0 Å². The van der Waals surface area contributed by atoms with Crippen LogP contribution in [0.2, 0.25) is 0 Å². The largest absolute Gasteiger partial charge is 0.324 e. The third-order valence-electron chi connectivity index (χ3n) is 6.02. The maximum absolute atomic E-state index is 13.1. The quantitative estimate of drug-likeness (QED) is 0.504. The van der Waals surface area contributed by atoms with E-state index in [1.165, 1.54) is 4.57 Å². The molecule has 0 aliphatic carbocycles. The molecule has 6 nitrogen and oxygen atoms in total. The highest BCUT2D eigenvalue weighted by molar-refractivity contribution is 5.93. The van der Waals surface area contributed by atoms with E-state index in [-0.39, 0.29) is 18.0 Å². The highest BCUT2D eigenvalue weighted by atomic mass is 16.2. The number of benzene rings is 2. The van der Waals surface area contributed by atoms with Crippen molar-refractivity contribution in [2.45, 2.75) is 47.6 Å². The third-order valence-corrected chi connectivity index (χ3v) is 6.02. The number of aryl methyl sites for hydroxylation is 4. The lowest BCUT2D eigenvalue weighted by atomic mass is 10.1. The van der Waals surface area contributed by atoms with Crippen LogP contribution in [0.5, 0.6) is 0 Å². The average molecular weight is 429 g/mol. The van der Waals surface area contributed by atoms with E-state index in [4.69, 9.17) is 5.10 Å². The molecule has 0 saturated heterocycles. The molecular formula is C26H28N4O2. The van der Waals surface area contributed by atoms with Crippen LogP contribution in [-0.2, 0) is 17.8 Å². The van der Waals surface area contributed by atoms with Gasteiger partial charge in [0.2, 0.25) is 5.91 Å². The molecule has 32 heavy (non-hydrogen) atoms. The Morgan fingerprint density at radius 3 is 2.44 bits per heavy atom. The number of pyridine rings is 1. The van der Waals surface area contributed by atoms with Crippen LogP contribution in [0.25, 0.3) is 16.7 Å². The summed E-state index contributed by atoms with van der Waals surface area (Å²) in [6.45, 7) is 9.88. The van der Waals surface area contributed by atoms with Crippen LogP contribution in [-0.4, -0.2) is 20.3 Å². The minimum atomic E-state index is -0.249. The van der Waals surface area contributed by atoms with Gasteiger partial charge >= 0.3 is 0 Å². The molecule has 2 heterocycles. The molecule has 0 aliphatic rings. The van der Waals surface area contributed by atoms with Crippen LogP contribution < -0.4 is 10.9 Å². The molecular weight excluding hydrogens is 400 g/mol. The van der Waals surface area contributed by atoms with Gasteiger partial charge in [0.15, 0.2) is 0 Å². The predicted octanol–water partition coefficient (Wildman–Crippen LogP) is 4.62. The number of aromatic nitrogens is 3. The van der Waals surface area contributed by atoms with Gasteiger partial charge in [-0.25, -0.2) is 4.68 Å². The number of carbonyl (C=O) groups excluding carboxylic acids is 1. The van der Waals surface area contributed by atoms with Crippen LogP contribution >= 0.6 is 0 Å². The first-order valence-corrected chi connectivity index (χ1v) is 10.8. The van der Waals surface area contributed by atoms with Gasteiger partial charge in [-0.05, 0) is 69.0 Å². The van der Waals surface area contributed by atoms with Gasteiger partial charge in [-0.2, -0.15) is 5.10 Å². The minimum absolute atomic E-state index is 0.0935. The number of nitrogens with one attached hydrogen (secondary N) is 1. The molecule has 0 aliphatic heterocycles. The van der Waals surface area contributed by atoms with E-state index in [9.17, 15) is 9.59 Å².